The highest BCUT2D eigenvalue weighted by molar-refractivity contribution is 6.31. The molecule has 0 saturated heterocycles. The highest BCUT2D eigenvalue weighted by Gasteiger charge is 2.33. The van der Waals surface area contributed by atoms with Crippen molar-refractivity contribution in [2.24, 2.45) is 0 Å². The van der Waals surface area contributed by atoms with E-state index < -0.39 is 27.4 Å². The predicted molar refractivity (Wildman–Crippen MR) is 101 cm³/mol. The van der Waals surface area contributed by atoms with Crippen LogP contribution < -0.4 is 10.6 Å². The zero-order valence-electron chi connectivity index (χ0n) is 14.7. The van der Waals surface area contributed by atoms with E-state index in [-0.39, 0.29) is 17.3 Å². The second-order valence-corrected chi connectivity index (χ2v) is 6.19. The number of benzene rings is 1. The first kappa shape index (κ1) is 20.3. The minimum atomic E-state index is -4.68. The van der Waals surface area contributed by atoms with E-state index in [4.69, 9.17) is 11.6 Å². The minimum absolute atomic E-state index is 0.0804. The summed E-state index contributed by atoms with van der Waals surface area (Å²) in [5.41, 5.74) is -1.04. The van der Waals surface area contributed by atoms with E-state index in [0.29, 0.717) is 11.5 Å². The van der Waals surface area contributed by atoms with Crippen LogP contribution in [0.5, 0.6) is 0 Å². The van der Waals surface area contributed by atoms with Crippen LogP contribution in [0.3, 0.4) is 0 Å². The SMILES string of the molecule is Cc1cccc(Nc2ncnc(Nc3ccc(Cl)c(C(F)(F)F)c3)c2[N+](=O)[O-])n1. The van der Waals surface area contributed by atoms with Crippen LogP contribution in [-0.4, -0.2) is 19.9 Å². The van der Waals surface area contributed by atoms with Crippen molar-refractivity contribution in [3.8, 4) is 0 Å². The highest BCUT2D eigenvalue weighted by atomic mass is 35.5. The average Bonchev–Trinajstić information content (AvgIpc) is 2.62. The number of nitro groups is 1. The van der Waals surface area contributed by atoms with Gasteiger partial charge in [-0.1, -0.05) is 17.7 Å². The van der Waals surface area contributed by atoms with Crippen molar-refractivity contribution in [2.75, 3.05) is 10.6 Å². The number of nitrogens with one attached hydrogen (secondary N) is 2. The Kier molecular flexibility index (Phi) is 5.50. The van der Waals surface area contributed by atoms with Crippen molar-refractivity contribution < 1.29 is 18.1 Å². The molecule has 0 saturated carbocycles. The number of nitrogens with zero attached hydrogens (tertiary/aromatic N) is 4. The smallest absolute Gasteiger partial charge is 0.334 e. The summed E-state index contributed by atoms with van der Waals surface area (Å²) in [7, 11) is 0. The maximum Gasteiger partial charge on any atom is 0.417 e. The largest absolute Gasteiger partial charge is 0.417 e. The lowest BCUT2D eigenvalue weighted by atomic mass is 10.2. The van der Waals surface area contributed by atoms with E-state index in [1.807, 2.05) is 0 Å². The molecule has 2 aromatic heterocycles. The first-order valence-corrected chi connectivity index (χ1v) is 8.37. The summed E-state index contributed by atoms with van der Waals surface area (Å²) in [6.45, 7) is 1.74. The topological polar surface area (TPSA) is 106 Å². The molecule has 0 radical (unpaired) electrons. The third-order valence-electron chi connectivity index (χ3n) is 3.67. The van der Waals surface area contributed by atoms with Crippen molar-refractivity contribution >= 4 is 40.4 Å². The lowest BCUT2D eigenvalue weighted by molar-refractivity contribution is -0.383. The van der Waals surface area contributed by atoms with E-state index in [0.717, 1.165) is 18.5 Å². The van der Waals surface area contributed by atoms with Gasteiger partial charge in [0.05, 0.1) is 15.5 Å². The maximum absolute atomic E-state index is 13.1. The molecule has 2 N–H and O–H groups in total. The Labute approximate surface area is 166 Å². The summed E-state index contributed by atoms with van der Waals surface area (Å²) >= 11 is 5.60. The van der Waals surface area contributed by atoms with Crippen LogP contribution in [0, 0.1) is 17.0 Å². The number of hydrogen-bond acceptors (Lipinski definition) is 7. The molecule has 0 atom stereocenters. The van der Waals surface area contributed by atoms with E-state index in [2.05, 4.69) is 25.6 Å². The summed E-state index contributed by atoms with van der Waals surface area (Å²) in [5.74, 6) is -0.158. The van der Waals surface area contributed by atoms with Crippen LogP contribution in [0.2, 0.25) is 5.02 Å². The van der Waals surface area contributed by atoms with Crippen LogP contribution in [0.25, 0.3) is 0 Å². The lowest BCUT2D eigenvalue weighted by Gasteiger charge is -2.13. The quantitative estimate of drug-likeness (QED) is 0.425. The van der Waals surface area contributed by atoms with Crippen LogP contribution in [-0.2, 0) is 6.18 Å². The van der Waals surface area contributed by atoms with Gasteiger partial charge in [0.15, 0.2) is 0 Å². The molecule has 12 heteroatoms. The Hall–Kier alpha value is -3.47. The zero-order valence-corrected chi connectivity index (χ0v) is 15.4. The number of rotatable bonds is 5. The number of aryl methyl sites for hydroxylation is 1. The van der Waals surface area contributed by atoms with E-state index in [1.54, 1.807) is 25.1 Å². The Bertz CT molecular complexity index is 1080. The number of pyridine rings is 1. The Morgan fingerprint density at radius 2 is 1.79 bits per heavy atom. The lowest BCUT2D eigenvalue weighted by Crippen LogP contribution is -2.08. The Balaban J connectivity index is 1.99. The normalized spacial score (nSPS) is 11.2. The van der Waals surface area contributed by atoms with Gasteiger partial charge in [-0.15, -0.1) is 0 Å². The fourth-order valence-electron chi connectivity index (χ4n) is 2.43. The fourth-order valence-corrected chi connectivity index (χ4v) is 2.65. The molecule has 0 unspecified atom stereocenters. The first-order valence-electron chi connectivity index (χ1n) is 7.99. The molecule has 0 fully saturated rings. The number of hydrogen-bond donors (Lipinski definition) is 2. The van der Waals surface area contributed by atoms with Crippen LogP contribution in [0.1, 0.15) is 11.3 Å². The molecule has 1 aromatic carbocycles. The molecule has 3 rings (SSSR count). The van der Waals surface area contributed by atoms with Crippen molar-refractivity contribution in [1.82, 2.24) is 15.0 Å². The van der Waals surface area contributed by atoms with Crippen LogP contribution >= 0.6 is 11.6 Å². The molecular weight excluding hydrogens is 413 g/mol. The van der Waals surface area contributed by atoms with Crippen molar-refractivity contribution in [2.45, 2.75) is 13.1 Å². The molecule has 0 aliphatic heterocycles. The molecule has 2 heterocycles. The van der Waals surface area contributed by atoms with Crippen LogP contribution in [0.4, 0.5) is 42.0 Å². The van der Waals surface area contributed by atoms with Gasteiger partial charge in [0.25, 0.3) is 0 Å². The van der Waals surface area contributed by atoms with Crippen molar-refractivity contribution in [1.29, 1.82) is 0 Å². The second kappa shape index (κ2) is 7.87. The second-order valence-electron chi connectivity index (χ2n) is 5.78. The molecule has 150 valence electrons. The van der Waals surface area contributed by atoms with Gasteiger partial charge in [0.1, 0.15) is 12.1 Å². The van der Waals surface area contributed by atoms with Gasteiger partial charge in [0, 0.05) is 11.4 Å². The zero-order chi connectivity index (χ0) is 21.2. The molecule has 0 amide bonds. The number of anilines is 4. The van der Waals surface area contributed by atoms with Crippen LogP contribution in [0.15, 0.2) is 42.7 Å². The standard InChI is InChI=1S/C17H12ClF3N6O2/c1-9-3-2-4-13(24-9)26-16-14(27(28)29)15(22-8-23-16)25-10-5-6-12(18)11(7-10)17(19,20)21/h2-8H,1H3,(H2,22,23,24,25,26). The first-order chi connectivity index (χ1) is 13.6. The average molecular weight is 425 g/mol. The van der Waals surface area contributed by atoms with Crippen molar-refractivity contribution in [3.05, 3.63) is 69.1 Å². The highest BCUT2D eigenvalue weighted by Crippen LogP contribution is 2.38. The van der Waals surface area contributed by atoms with Gasteiger partial charge in [-0.05, 0) is 37.3 Å². The summed E-state index contributed by atoms with van der Waals surface area (Å²) in [5, 5.41) is 16.3. The molecular formula is C17H12ClF3N6O2. The van der Waals surface area contributed by atoms with Gasteiger partial charge in [-0.25, -0.2) is 15.0 Å². The molecule has 0 bridgehead atoms. The Morgan fingerprint density at radius 3 is 2.41 bits per heavy atom. The van der Waals surface area contributed by atoms with E-state index >= 15 is 0 Å². The number of halogens is 4. The fraction of sp³-hybridized carbons (Fsp3) is 0.118. The molecule has 0 spiro atoms. The van der Waals surface area contributed by atoms with Gasteiger partial charge in [0.2, 0.25) is 11.6 Å². The summed E-state index contributed by atoms with van der Waals surface area (Å²) in [4.78, 5) is 22.7. The molecule has 0 aliphatic carbocycles. The monoisotopic (exact) mass is 424 g/mol. The number of aromatic nitrogens is 3. The van der Waals surface area contributed by atoms with E-state index in [1.165, 1.54) is 6.07 Å². The molecule has 29 heavy (non-hydrogen) atoms. The third kappa shape index (κ3) is 4.69. The summed E-state index contributed by atoms with van der Waals surface area (Å²) in [6.07, 6.45) is -3.65. The molecule has 8 nitrogen and oxygen atoms in total. The van der Waals surface area contributed by atoms with E-state index in [9.17, 15) is 23.3 Å². The maximum atomic E-state index is 13.1. The van der Waals surface area contributed by atoms with Gasteiger partial charge in [-0.3, -0.25) is 10.1 Å². The van der Waals surface area contributed by atoms with Gasteiger partial charge < -0.3 is 10.6 Å². The number of alkyl halides is 3. The summed E-state index contributed by atoms with van der Waals surface area (Å²) in [6, 6.07) is 8.05. The predicted octanol–water partition coefficient (Wildman–Crippen LogP) is 5.25. The minimum Gasteiger partial charge on any atom is -0.334 e. The van der Waals surface area contributed by atoms with Gasteiger partial charge >= 0.3 is 11.9 Å². The third-order valence-corrected chi connectivity index (χ3v) is 4.00. The Morgan fingerprint density at radius 1 is 1.10 bits per heavy atom. The van der Waals surface area contributed by atoms with Gasteiger partial charge in [-0.2, -0.15) is 13.2 Å². The summed E-state index contributed by atoms with van der Waals surface area (Å²) < 4.78 is 39.2. The molecule has 3 aromatic rings. The molecule has 0 aliphatic rings. The van der Waals surface area contributed by atoms with Crippen molar-refractivity contribution in [3.63, 3.8) is 0 Å².